The van der Waals surface area contributed by atoms with Gasteiger partial charge in [-0.15, -0.1) is 6.42 Å². The molecular formula is C19H21NO5. The SMILES string of the molecule is C#CCN(C(=O)/C=C/c1cc(OC)c(OC)c(OC)c1)C(=O)C(=C)C. The quantitative estimate of drug-likeness (QED) is 0.561. The fourth-order valence-electron chi connectivity index (χ4n) is 2.03. The highest BCUT2D eigenvalue weighted by Crippen LogP contribution is 2.38. The number of terminal acetylenes is 1. The van der Waals surface area contributed by atoms with Crippen molar-refractivity contribution in [3.05, 3.63) is 35.9 Å². The van der Waals surface area contributed by atoms with E-state index >= 15 is 0 Å². The Morgan fingerprint density at radius 1 is 1.20 bits per heavy atom. The fraction of sp³-hybridized carbons (Fsp3) is 0.263. The molecule has 0 unspecified atom stereocenters. The highest BCUT2D eigenvalue weighted by Gasteiger charge is 2.19. The molecule has 0 aliphatic heterocycles. The summed E-state index contributed by atoms with van der Waals surface area (Å²) in [6.45, 7) is 4.92. The zero-order valence-electron chi connectivity index (χ0n) is 14.8. The number of nitrogens with zero attached hydrogens (tertiary/aromatic N) is 1. The minimum absolute atomic E-state index is 0.135. The minimum Gasteiger partial charge on any atom is -0.493 e. The lowest BCUT2D eigenvalue weighted by Gasteiger charge is -2.16. The summed E-state index contributed by atoms with van der Waals surface area (Å²) in [5.74, 6) is 2.58. The van der Waals surface area contributed by atoms with E-state index in [9.17, 15) is 9.59 Å². The van der Waals surface area contributed by atoms with Crippen molar-refractivity contribution in [1.82, 2.24) is 4.90 Å². The monoisotopic (exact) mass is 343 g/mol. The van der Waals surface area contributed by atoms with Crippen LogP contribution in [0.4, 0.5) is 0 Å². The molecule has 6 heteroatoms. The molecule has 0 aliphatic rings. The maximum absolute atomic E-state index is 12.3. The molecule has 0 atom stereocenters. The Labute approximate surface area is 147 Å². The molecule has 0 aliphatic carbocycles. The molecule has 0 fully saturated rings. The number of imide groups is 1. The second-order valence-electron chi connectivity index (χ2n) is 5.01. The van der Waals surface area contributed by atoms with Gasteiger partial charge >= 0.3 is 0 Å². The first-order chi connectivity index (χ1) is 11.9. The van der Waals surface area contributed by atoms with Gasteiger partial charge in [0, 0.05) is 11.6 Å². The Morgan fingerprint density at radius 3 is 2.16 bits per heavy atom. The van der Waals surface area contributed by atoms with Crippen molar-refractivity contribution in [2.75, 3.05) is 27.9 Å². The van der Waals surface area contributed by atoms with E-state index in [0.717, 1.165) is 4.90 Å². The highest BCUT2D eigenvalue weighted by atomic mass is 16.5. The molecule has 132 valence electrons. The molecule has 0 heterocycles. The van der Waals surface area contributed by atoms with E-state index in [0.29, 0.717) is 22.8 Å². The largest absolute Gasteiger partial charge is 0.493 e. The first-order valence-electron chi connectivity index (χ1n) is 7.32. The summed E-state index contributed by atoms with van der Waals surface area (Å²) in [6, 6.07) is 3.36. The molecule has 1 aromatic rings. The van der Waals surface area contributed by atoms with Crippen LogP contribution in [0.1, 0.15) is 12.5 Å². The summed E-state index contributed by atoms with van der Waals surface area (Å²) in [4.78, 5) is 25.2. The Balaban J connectivity index is 3.15. The molecule has 0 radical (unpaired) electrons. The van der Waals surface area contributed by atoms with Crippen molar-refractivity contribution >= 4 is 17.9 Å². The summed E-state index contributed by atoms with van der Waals surface area (Å²) in [5.41, 5.74) is 0.857. The maximum atomic E-state index is 12.3. The Bertz CT molecular complexity index is 718. The highest BCUT2D eigenvalue weighted by molar-refractivity contribution is 6.08. The van der Waals surface area contributed by atoms with Crippen molar-refractivity contribution in [1.29, 1.82) is 0 Å². The van der Waals surface area contributed by atoms with Gasteiger partial charge in [-0.3, -0.25) is 14.5 Å². The van der Waals surface area contributed by atoms with Crippen molar-refractivity contribution in [3.63, 3.8) is 0 Å². The van der Waals surface area contributed by atoms with Gasteiger partial charge in [0.15, 0.2) is 11.5 Å². The summed E-state index contributed by atoms with van der Waals surface area (Å²) in [5, 5.41) is 0. The smallest absolute Gasteiger partial charge is 0.256 e. The van der Waals surface area contributed by atoms with Gasteiger partial charge < -0.3 is 14.2 Å². The van der Waals surface area contributed by atoms with Crippen LogP contribution in [0.25, 0.3) is 6.08 Å². The first kappa shape index (κ1) is 19.8. The van der Waals surface area contributed by atoms with Gasteiger partial charge in [0.05, 0.1) is 27.9 Å². The van der Waals surface area contributed by atoms with Gasteiger partial charge in [-0.05, 0) is 30.7 Å². The molecule has 0 N–H and O–H groups in total. The average Bonchev–Trinajstić information content (AvgIpc) is 2.62. The molecule has 0 saturated heterocycles. The van der Waals surface area contributed by atoms with Gasteiger partial charge in [-0.2, -0.15) is 0 Å². The number of amides is 2. The zero-order chi connectivity index (χ0) is 19.0. The van der Waals surface area contributed by atoms with Crippen LogP contribution in [0.3, 0.4) is 0 Å². The predicted molar refractivity (Wildman–Crippen MR) is 95.5 cm³/mol. The van der Waals surface area contributed by atoms with Gasteiger partial charge in [0.25, 0.3) is 11.8 Å². The lowest BCUT2D eigenvalue weighted by molar-refractivity contribution is -0.138. The molecular weight excluding hydrogens is 322 g/mol. The molecule has 1 aromatic carbocycles. The van der Waals surface area contributed by atoms with E-state index in [2.05, 4.69) is 12.5 Å². The van der Waals surface area contributed by atoms with Crippen molar-refractivity contribution in [2.24, 2.45) is 0 Å². The second-order valence-corrected chi connectivity index (χ2v) is 5.01. The van der Waals surface area contributed by atoms with E-state index in [1.807, 2.05) is 0 Å². The second kappa shape index (κ2) is 9.18. The average molecular weight is 343 g/mol. The maximum Gasteiger partial charge on any atom is 0.256 e. The summed E-state index contributed by atoms with van der Waals surface area (Å²) >= 11 is 0. The first-order valence-corrected chi connectivity index (χ1v) is 7.32. The van der Waals surface area contributed by atoms with Crippen LogP contribution in [-0.2, 0) is 9.59 Å². The van der Waals surface area contributed by atoms with Crippen LogP contribution in [0.2, 0.25) is 0 Å². The van der Waals surface area contributed by atoms with Crippen LogP contribution < -0.4 is 14.2 Å². The Hall–Kier alpha value is -3.20. The molecule has 0 spiro atoms. The van der Waals surface area contributed by atoms with Gasteiger partial charge in [0.2, 0.25) is 5.75 Å². The lowest BCUT2D eigenvalue weighted by atomic mass is 10.1. The number of hydrogen-bond donors (Lipinski definition) is 0. The number of benzene rings is 1. The number of carbonyl (C=O) groups excluding carboxylic acids is 2. The number of methoxy groups -OCH3 is 3. The van der Waals surface area contributed by atoms with Gasteiger partial charge in [0.1, 0.15) is 0 Å². The summed E-state index contributed by atoms with van der Waals surface area (Å²) in [7, 11) is 4.49. The number of hydrogen-bond acceptors (Lipinski definition) is 5. The Kier molecular flexibility index (Phi) is 7.29. The predicted octanol–water partition coefficient (Wildman–Crippen LogP) is 2.29. The normalized spacial score (nSPS) is 10.0. The van der Waals surface area contributed by atoms with Crippen molar-refractivity contribution < 1.29 is 23.8 Å². The van der Waals surface area contributed by atoms with E-state index in [4.69, 9.17) is 20.6 Å². The van der Waals surface area contributed by atoms with E-state index in [1.54, 1.807) is 12.1 Å². The molecule has 1 rings (SSSR count). The third-order valence-corrected chi connectivity index (χ3v) is 3.23. The third-order valence-electron chi connectivity index (χ3n) is 3.23. The Morgan fingerprint density at radius 2 is 1.76 bits per heavy atom. The molecule has 25 heavy (non-hydrogen) atoms. The van der Waals surface area contributed by atoms with E-state index < -0.39 is 11.8 Å². The van der Waals surface area contributed by atoms with Gasteiger partial charge in [-0.25, -0.2) is 0 Å². The van der Waals surface area contributed by atoms with Crippen LogP contribution in [0.5, 0.6) is 17.2 Å². The molecule has 6 nitrogen and oxygen atoms in total. The number of rotatable bonds is 7. The van der Waals surface area contributed by atoms with Crippen LogP contribution in [0.15, 0.2) is 30.4 Å². The summed E-state index contributed by atoms with van der Waals surface area (Å²) < 4.78 is 15.8. The fourth-order valence-corrected chi connectivity index (χ4v) is 2.03. The molecule has 2 amide bonds. The standard InChI is InChI=1S/C19H21NO5/c1-7-10-20(19(22)13(2)3)17(21)9-8-14-11-15(23-4)18(25-6)16(12-14)24-5/h1,8-9,11-12H,2,10H2,3-6H3/b9-8+. The number of ether oxygens (including phenoxy) is 3. The molecule has 0 saturated carbocycles. The lowest BCUT2D eigenvalue weighted by Crippen LogP contribution is -2.36. The topological polar surface area (TPSA) is 65.1 Å². The van der Waals surface area contributed by atoms with Crippen molar-refractivity contribution in [3.8, 4) is 29.6 Å². The summed E-state index contributed by atoms with van der Waals surface area (Å²) in [6.07, 6.45) is 8.00. The zero-order valence-corrected chi connectivity index (χ0v) is 14.8. The molecule has 0 aromatic heterocycles. The van der Waals surface area contributed by atoms with Crippen molar-refractivity contribution in [2.45, 2.75) is 6.92 Å². The third kappa shape index (κ3) is 4.88. The van der Waals surface area contributed by atoms with E-state index in [-0.39, 0.29) is 12.1 Å². The number of carbonyl (C=O) groups is 2. The minimum atomic E-state index is -0.542. The van der Waals surface area contributed by atoms with Crippen LogP contribution >= 0.6 is 0 Å². The van der Waals surface area contributed by atoms with Crippen LogP contribution in [0, 0.1) is 12.3 Å². The molecule has 0 bridgehead atoms. The van der Waals surface area contributed by atoms with Crippen LogP contribution in [-0.4, -0.2) is 44.6 Å². The van der Waals surface area contributed by atoms with E-state index in [1.165, 1.54) is 40.4 Å². The van der Waals surface area contributed by atoms with Gasteiger partial charge in [-0.1, -0.05) is 12.5 Å².